The molecule has 0 bridgehead atoms. The SMILES string of the molecule is N#Cc1cc(Cl)ccc1NC1CCCNCC1. The topological polar surface area (TPSA) is 47.9 Å². The third-order valence-electron chi connectivity index (χ3n) is 3.04. The number of hydrogen-bond donors (Lipinski definition) is 2. The van der Waals surface area contributed by atoms with Crippen molar-refractivity contribution in [2.24, 2.45) is 0 Å². The van der Waals surface area contributed by atoms with Gasteiger partial charge in [-0.05, 0) is 50.6 Å². The summed E-state index contributed by atoms with van der Waals surface area (Å²) >= 11 is 5.88. The zero-order chi connectivity index (χ0) is 12.1. The summed E-state index contributed by atoms with van der Waals surface area (Å²) in [6.07, 6.45) is 3.40. The molecule has 1 aliphatic rings. The maximum atomic E-state index is 9.07. The highest BCUT2D eigenvalue weighted by Crippen LogP contribution is 2.22. The first kappa shape index (κ1) is 12.2. The molecule has 0 amide bonds. The van der Waals surface area contributed by atoms with Crippen molar-refractivity contribution >= 4 is 17.3 Å². The molecule has 0 aliphatic carbocycles. The van der Waals surface area contributed by atoms with Crippen molar-refractivity contribution in [2.45, 2.75) is 25.3 Å². The molecular weight excluding hydrogens is 234 g/mol. The molecular formula is C13H16ClN3. The van der Waals surface area contributed by atoms with Crippen molar-refractivity contribution in [3.8, 4) is 6.07 Å². The standard InChI is InChI=1S/C13H16ClN3/c14-11-3-4-13(10(8-11)9-15)17-12-2-1-6-16-7-5-12/h3-4,8,12,16-17H,1-2,5-7H2. The van der Waals surface area contributed by atoms with Gasteiger partial charge in [0.15, 0.2) is 0 Å². The van der Waals surface area contributed by atoms with Crippen LogP contribution in [-0.2, 0) is 0 Å². The molecule has 4 heteroatoms. The summed E-state index contributed by atoms with van der Waals surface area (Å²) in [5.74, 6) is 0. The van der Waals surface area contributed by atoms with Gasteiger partial charge in [0, 0.05) is 11.1 Å². The molecule has 1 aliphatic heterocycles. The van der Waals surface area contributed by atoms with Crippen molar-refractivity contribution in [1.29, 1.82) is 5.26 Å². The van der Waals surface area contributed by atoms with Crippen LogP contribution in [0.1, 0.15) is 24.8 Å². The smallest absolute Gasteiger partial charge is 0.101 e. The number of nitriles is 1. The molecule has 0 radical (unpaired) electrons. The Labute approximate surface area is 107 Å². The van der Waals surface area contributed by atoms with Crippen LogP contribution in [0.4, 0.5) is 5.69 Å². The quantitative estimate of drug-likeness (QED) is 0.847. The number of nitrogens with one attached hydrogen (secondary N) is 2. The molecule has 1 atom stereocenters. The first-order valence-electron chi connectivity index (χ1n) is 5.96. The predicted octanol–water partition coefficient (Wildman–Crippen LogP) is 2.77. The Morgan fingerprint density at radius 1 is 1.35 bits per heavy atom. The number of benzene rings is 1. The van der Waals surface area contributed by atoms with E-state index in [0.717, 1.165) is 31.6 Å². The Balaban J connectivity index is 2.09. The highest BCUT2D eigenvalue weighted by Gasteiger charge is 2.13. The molecule has 0 aromatic heterocycles. The van der Waals surface area contributed by atoms with Crippen LogP contribution in [0.25, 0.3) is 0 Å². The van der Waals surface area contributed by atoms with Crippen molar-refractivity contribution in [2.75, 3.05) is 18.4 Å². The first-order chi connectivity index (χ1) is 8.29. The second-order valence-electron chi connectivity index (χ2n) is 4.32. The van der Waals surface area contributed by atoms with E-state index in [2.05, 4.69) is 16.7 Å². The van der Waals surface area contributed by atoms with Crippen molar-refractivity contribution in [3.63, 3.8) is 0 Å². The van der Waals surface area contributed by atoms with Gasteiger partial charge in [0.25, 0.3) is 0 Å². The van der Waals surface area contributed by atoms with Gasteiger partial charge in [-0.3, -0.25) is 0 Å². The molecule has 0 spiro atoms. The monoisotopic (exact) mass is 249 g/mol. The molecule has 17 heavy (non-hydrogen) atoms. The fraction of sp³-hybridized carbons (Fsp3) is 0.462. The minimum atomic E-state index is 0.443. The van der Waals surface area contributed by atoms with Gasteiger partial charge in [0.05, 0.1) is 11.3 Å². The van der Waals surface area contributed by atoms with E-state index in [1.807, 2.05) is 12.1 Å². The minimum absolute atomic E-state index is 0.443. The molecule has 1 aromatic rings. The largest absolute Gasteiger partial charge is 0.381 e. The van der Waals surface area contributed by atoms with Crippen LogP contribution in [-0.4, -0.2) is 19.1 Å². The Kier molecular flexibility index (Phi) is 4.24. The van der Waals surface area contributed by atoms with Crippen LogP contribution in [0.2, 0.25) is 5.02 Å². The number of hydrogen-bond acceptors (Lipinski definition) is 3. The fourth-order valence-electron chi connectivity index (χ4n) is 2.12. The normalized spacial score (nSPS) is 20.4. The van der Waals surface area contributed by atoms with E-state index >= 15 is 0 Å². The van der Waals surface area contributed by atoms with Crippen LogP contribution in [0.3, 0.4) is 0 Å². The third kappa shape index (κ3) is 3.36. The lowest BCUT2D eigenvalue weighted by Gasteiger charge is -2.18. The maximum Gasteiger partial charge on any atom is 0.101 e. The first-order valence-corrected chi connectivity index (χ1v) is 6.34. The Morgan fingerprint density at radius 3 is 3.06 bits per heavy atom. The van der Waals surface area contributed by atoms with Gasteiger partial charge in [0.1, 0.15) is 6.07 Å². The number of rotatable bonds is 2. The van der Waals surface area contributed by atoms with E-state index in [-0.39, 0.29) is 0 Å². The zero-order valence-corrected chi connectivity index (χ0v) is 10.4. The van der Waals surface area contributed by atoms with Gasteiger partial charge in [-0.2, -0.15) is 5.26 Å². The van der Waals surface area contributed by atoms with Crippen LogP contribution in [0.15, 0.2) is 18.2 Å². The summed E-state index contributed by atoms with van der Waals surface area (Å²) in [6.45, 7) is 2.12. The summed E-state index contributed by atoms with van der Waals surface area (Å²) in [6, 6.07) is 8.04. The lowest BCUT2D eigenvalue weighted by molar-refractivity contribution is 0.637. The maximum absolute atomic E-state index is 9.07. The molecule has 3 nitrogen and oxygen atoms in total. The van der Waals surface area contributed by atoms with E-state index in [0.29, 0.717) is 16.6 Å². The van der Waals surface area contributed by atoms with Crippen LogP contribution in [0.5, 0.6) is 0 Å². The molecule has 90 valence electrons. The molecule has 2 N–H and O–H groups in total. The van der Waals surface area contributed by atoms with Gasteiger partial charge in [0.2, 0.25) is 0 Å². The van der Waals surface area contributed by atoms with Crippen LogP contribution >= 0.6 is 11.6 Å². The number of anilines is 1. The highest BCUT2D eigenvalue weighted by molar-refractivity contribution is 6.30. The summed E-state index contributed by atoms with van der Waals surface area (Å²) in [5.41, 5.74) is 1.51. The van der Waals surface area contributed by atoms with E-state index in [4.69, 9.17) is 16.9 Å². The lowest BCUT2D eigenvalue weighted by atomic mass is 10.1. The lowest BCUT2D eigenvalue weighted by Crippen LogP contribution is -2.21. The number of halogens is 1. The number of nitrogens with zero attached hydrogens (tertiary/aromatic N) is 1. The van der Waals surface area contributed by atoms with Crippen molar-refractivity contribution in [1.82, 2.24) is 5.32 Å². The van der Waals surface area contributed by atoms with Crippen LogP contribution in [0, 0.1) is 11.3 Å². The van der Waals surface area contributed by atoms with Gasteiger partial charge >= 0.3 is 0 Å². The Morgan fingerprint density at radius 2 is 2.24 bits per heavy atom. The zero-order valence-electron chi connectivity index (χ0n) is 9.67. The van der Waals surface area contributed by atoms with Gasteiger partial charge in [-0.15, -0.1) is 0 Å². The Bertz CT molecular complexity index is 417. The third-order valence-corrected chi connectivity index (χ3v) is 3.27. The molecule has 1 unspecified atom stereocenters. The van der Waals surface area contributed by atoms with E-state index in [1.165, 1.54) is 6.42 Å². The van der Waals surface area contributed by atoms with E-state index in [1.54, 1.807) is 6.07 Å². The van der Waals surface area contributed by atoms with Gasteiger partial charge < -0.3 is 10.6 Å². The van der Waals surface area contributed by atoms with Crippen molar-refractivity contribution in [3.05, 3.63) is 28.8 Å². The summed E-state index contributed by atoms with van der Waals surface area (Å²) in [7, 11) is 0. The van der Waals surface area contributed by atoms with Crippen LogP contribution < -0.4 is 10.6 Å². The molecule has 1 saturated heterocycles. The molecule has 1 fully saturated rings. The summed E-state index contributed by atoms with van der Waals surface area (Å²) in [5, 5.41) is 16.5. The Hall–Kier alpha value is -1.24. The molecule has 1 heterocycles. The highest BCUT2D eigenvalue weighted by atomic mass is 35.5. The molecule has 0 saturated carbocycles. The fourth-order valence-corrected chi connectivity index (χ4v) is 2.29. The average Bonchev–Trinajstić information content (AvgIpc) is 2.60. The molecule has 2 rings (SSSR count). The average molecular weight is 250 g/mol. The summed E-state index contributed by atoms with van der Waals surface area (Å²) in [4.78, 5) is 0. The van der Waals surface area contributed by atoms with E-state index < -0.39 is 0 Å². The second kappa shape index (κ2) is 5.90. The van der Waals surface area contributed by atoms with E-state index in [9.17, 15) is 0 Å². The van der Waals surface area contributed by atoms with Gasteiger partial charge in [-0.25, -0.2) is 0 Å². The summed E-state index contributed by atoms with van der Waals surface area (Å²) < 4.78 is 0. The second-order valence-corrected chi connectivity index (χ2v) is 4.76. The van der Waals surface area contributed by atoms with Gasteiger partial charge in [-0.1, -0.05) is 11.6 Å². The molecule has 1 aromatic carbocycles. The van der Waals surface area contributed by atoms with Crippen molar-refractivity contribution < 1.29 is 0 Å². The predicted molar refractivity (Wildman–Crippen MR) is 70.3 cm³/mol. The minimum Gasteiger partial charge on any atom is -0.381 e.